The molecule has 0 bridgehead atoms. The zero-order valence-corrected chi connectivity index (χ0v) is 10.8. The lowest BCUT2D eigenvalue weighted by Gasteiger charge is -2.36. The number of rotatable bonds is 4. The van der Waals surface area contributed by atoms with Crippen molar-refractivity contribution in [2.75, 3.05) is 26.2 Å². The van der Waals surface area contributed by atoms with Crippen LogP contribution >= 0.6 is 0 Å². The maximum atomic E-state index is 12.8. The highest BCUT2D eigenvalue weighted by Gasteiger charge is 2.23. The molecule has 1 aliphatic heterocycles. The highest BCUT2D eigenvalue weighted by Crippen LogP contribution is 2.11. The van der Waals surface area contributed by atoms with E-state index in [9.17, 15) is 4.39 Å². The van der Waals surface area contributed by atoms with Crippen LogP contribution in [0.2, 0.25) is 0 Å². The molecule has 100 valence electrons. The van der Waals surface area contributed by atoms with Gasteiger partial charge in [0.1, 0.15) is 5.82 Å². The summed E-state index contributed by atoms with van der Waals surface area (Å²) in [4.78, 5) is 2.37. The fourth-order valence-electron chi connectivity index (χ4n) is 2.39. The Bertz CT molecular complexity index is 369. The standard InChI is InChI=1S/C14H21FN2O/c1-11-9-17(10-14(8-16)18-11)7-6-12-2-4-13(15)5-3-12/h2-5,11,14H,6-10,16H2,1H3. The maximum absolute atomic E-state index is 12.8. The van der Waals surface area contributed by atoms with E-state index < -0.39 is 0 Å². The number of hydrogen-bond donors (Lipinski definition) is 1. The first-order valence-corrected chi connectivity index (χ1v) is 6.49. The zero-order valence-electron chi connectivity index (χ0n) is 10.8. The largest absolute Gasteiger partial charge is 0.371 e. The monoisotopic (exact) mass is 252 g/mol. The Balaban J connectivity index is 1.84. The van der Waals surface area contributed by atoms with Crippen LogP contribution in [-0.4, -0.2) is 43.3 Å². The third-order valence-electron chi connectivity index (χ3n) is 3.29. The van der Waals surface area contributed by atoms with E-state index in [1.807, 2.05) is 12.1 Å². The van der Waals surface area contributed by atoms with Crippen LogP contribution in [0.1, 0.15) is 12.5 Å². The number of hydrogen-bond acceptors (Lipinski definition) is 3. The van der Waals surface area contributed by atoms with Crippen LogP contribution in [0.4, 0.5) is 4.39 Å². The van der Waals surface area contributed by atoms with Crippen molar-refractivity contribution in [3.63, 3.8) is 0 Å². The fourth-order valence-corrected chi connectivity index (χ4v) is 2.39. The van der Waals surface area contributed by atoms with E-state index in [2.05, 4.69) is 11.8 Å². The lowest BCUT2D eigenvalue weighted by Crippen LogP contribution is -2.49. The molecule has 3 nitrogen and oxygen atoms in total. The molecule has 0 spiro atoms. The average Bonchev–Trinajstić information content (AvgIpc) is 2.37. The number of halogens is 1. The Labute approximate surface area is 108 Å². The molecule has 1 heterocycles. The van der Waals surface area contributed by atoms with Gasteiger partial charge in [0.05, 0.1) is 12.2 Å². The van der Waals surface area contributed by atoms with Crippen LogP contribution in [0, 0.1) is 5.82 Å². The summed E-state index contributed by atoms with van der Waals surface area (Å²) in [7, 11) is 0. The molecule has 1 aromatic carbocycles. The summed E-state index contributed by atoms with van der Waals surface area (Å²) in [5.41, 5.74) is 6.82. The predicted octanol–water partition coefficient (Wildman–Crippen LogP) is 1.42. The normalized spacial score (nSPS) is 25.3. The number of morpholine rings is 1. The van der Waals surface area contributed by atoms with E-state index in [1.54, 1.807) is 0 Å². The van der Waals surface area contributed by atoms with Crippen LogP contribution in [0.25, 0.3) is 0 Å². The molecule has 0 radical (unpaired) electrons. The molecule has 4 heteroatoms. The van der Waals surface area contributed by atoms with Crippen LogP contribution in [-0.2, 0) is 11.2 Å². The van der Waals surface area contributed by atoms with Gasteiger partial charge in [-0.2, -0.15) is 0 Å². The van der Waals surface area contributed by atoms with Crippen molar-refractivity contribution in [1.29, 1.82) is 0 Å². The first-order valence-electron chi connectivity index (χ1n) is 6.49. The van der Waals surface area contributed by atoms with Gasteiger partial charge in [-0.1, -0.05) is 12.1 Å². The molecule has 0 aliphatic carbocycles. The van der Waals surface area contributed by atoms with Crippen molar-refractivity contribution in [2.45, 2.75) is 25.6 Å². The second kappa shape index (κ2) is 6.27. The topological polar surface area (TPSA) is 38.5 Å². The van der Waals surface area contributed by atoms with Gasteiger partial charge in [-0.15, -0.1) is 0 Å². The van der Waals surface area contributed by atoms with Crippen molar-refractivity contribution in [3.8, 4) is 0 Å². The molecule has 2 atom stereocenters. The van der Waals surface area contributed by atoms with Crippen molar-refractivity contribution >= 4 is 0 Å². The van der Waals surface area contributed by atoms with Gasteiger partial charge in [-0.05, 0) is 31.0 Å². The summed E-state index contributed by atoms with van der Waals surface area (Å²) >= 11 is 0. The minimum atomic E-state index is -0.179. The smallest absolute Gasteiger partial charge is 0.123 e. The molecule has 0 amide bonds. The second-order valence-corrected chi connectivity index (χ2v) is 4.94. The van der Waals surface area contributed by atoms with Gasteiger partial charge < -0.3 is 10.5 Å². The summed E-state index contributed by atoms with van der Waals surface area (Å²) in [6.45, 7) is 5.44. The van der Waals surface area contributed by atoms with Gasteiger partial charge >= 0.3 is 0 Å². The van der Waals surface area contributed by atoms with Gasteiger partial charge in [0.25, 0.3) is 0 Å². The highest BCUT2D eigenvalue weighted by molar-refractivity contribution is 5.16. The average molecular weight is 252 g/mol. The van der Waals surface area contributed by atoms with Gasteiger partial charge in [0, 0.05) is 26.2 Å². The van der Waals surface area contributed by atoms with Crippen molar-refractivity contribution in [1.82, 2.24) is 4.90 Å². The van der Waals surface area contributed by atoms with Crippen LogP contribution < -0.4 is 5.73 Å². The SMILES string of the molecule is CC1CN(CCc2ccc(F)cc2)CC(CN)O1. The molecule has 1 saturated heterocycles. The number of benzene rings is 1. The third-order valence-corrected chi connectivity index (χ3v) is 3.29. The summed E-state index contributed by atoms with van der Waals surface area (Å²) < 4.78 is 18.5. The Kier molecular flexibility index (Phi) is 4.69. The minimum Gasteiger partial charge on any atom is -0.371 e. The van der Waals surface area contributed by atoms with E-state index >= 15 is 0 Å². The molecule has 1 aliphatic rings. The molecular weight excluding hydrogens is 231 g/mol. The van der Waals surface area contributed by atoms with Gasteiger partial charge in [-0.3, -0.25) is 4.90 Å². The third kappa shape index (κ3) is 3.77. The molecule has 2 unspecified atom stereocenters. The summed E-state index contributed by atoms with van der Waals surface area (Å²) in [6, 6.07) is 6.72. The van der Waals surface area contributed by atoms with Crippen LogP contribution in [0.15, 0.2) is 24.3 Å². The second-order valence-electron chi connectivity index (χ2n) is 4.94. The van der Waals surface area contributed by atoms with Crippen LogP contribution in [0.5, 0.6) is 0 Å². The summed E-state index contributed by atoms with van der Waals surface area (Å²) in [6.07, 6.45) is 1.31. The molecule has 1 fully saturated rings. The Morgan fingerprint density at radius 2 is 2.06 bits per heavy atom. The first-order chi connectivity index (χ1) is 8.67. The number of nitrogens with two attached hydrogens (primary N) is 1. The van der Waals surface area contributed by atoms with E-state index in [1.165, 1.54) is 17.7 Å². The quantitative estimate of drug-likeness (QED) is 0.880. The molecule has 0 saturated carbocycles. The van der Waals surface area contributed by atoms with Crippen molar-refractivity contribution < 1.29 is 9.13 Å². The lowest BCUT2D eigenvalue weighted by atomic mass is 10.1. The van der Waals surface area contributed by atoms with Gasteiger partial charge in [0.15, 0.2) is 0 Å². The van der Waals surface area contributed by atoms with Crippen LogP contribution in [0.3, 0.4) is 0 Å². The molecule has 2 N–H and O–H groups in total. The molecule has 0 aromatic heterocycles. The molecule has 18 heavy (non-hydrogen) atoms. The Morgan fingerprint density at radius 3 is 2.72 bits per heavy atom. The lowest BCUT2D eigenvalue weighted by molar-refractivity contribution is -0.0716. The minimum absolute atomic E-state index is 0.141. The molecule has 2 rings (SSSR count). The predicted molar refractivity (Wildman–Crippen MR) is 69.9 cm³/mol. The van der Waals surface area contributed by atoms with Crippen molar-refractivity contribution in [2.24, 2.45) is 5.73 Å². The maximum Gasteiger partial charge on any atom is 0.123 e. The first kappa shape index (κ1) is 13.5. The Morgan fingerprint density at radius 1 is 1.33 bits per heavy atom. The van der Waals surface area contributed by atoms with E-state index in [-0.39, 0.29) is 18.0 Å². The zero-order chi connectivity index (χ0) is 13.0. The fraction of sp³-hybridized carbons (Fsp3) is 0.571. The number of ether oxygens (including phenoxy) is 1. The van der Waals surface area contributed by atoms with Gasteiger partial charge in [0.2, 0.25) is 0 Å². The van der Waals surface area contributed by atoms with E-state index in [4.69, 9.17) is 10.5 Å². The van der Waals surface area contributed by atoms with E-state index in [0.29, 0.717) is 6.54 Å². The number of nitrogens with zero attached hydrogens (tertiary/aromatic N) is 1. The summed E-state index contributed by atoms with van der Waals surface area (Å²) in [5, 5.41) is 0. The van der Waals surface area contributed by atoms with E-state index in [0.717, 1.165) is 26.1 Å². The summed E-state index contributed by atoms with van der Waals surface area (Å²) in [5.74, 6) is -0.179. The molecule has 1 aromatic rings. The highest BCUT2D eigenvalue weighted by atomic mass is 19.1. The van der Waals surface area contributed by atoms with Crippen molar-refractivity contribution in [3.05, 3.63) is 35.6 Å². The Hall–Kier alpha value is -0.970. The molecular formula is C14H21FN2O. The van der Waals surface area contributed by atoms with Gasteiger partial charge in [-0.25, -0.2) is 4.39 Å².